The summed E-state index contributed by atoms with van der Waals surface area (Å²) in [5.74, 6) is 0.971. The third kappa shape index (κ3) is 3.29. The lowest BCUT2D eigenvalue weighted by atomic mass is 10.1. The Labute approximate surface area is 122 Å². The van der Waals surface area contributed by atoms with Crippen molar-refractivity contribution in [3.05, 3.63) is 57.1 Å². The lowest BCUT2D eigenvalue weighted by Crippen LogP contribution is -2.01. The predicted octanol–water partition coefficient (Wildman–Crippen LogP) is 4.54. The Bertz CT molecular complexity index is 588. The van der Waals surface area contributed by atoms with E-state index >= 15 is 0 Å². The number of rotatable bonds is 3. The molecule has 0 atom stereocenters. The number of aryl methyl sites for hydroxylation is 2. The average Bonchev–Trinajstić information content (AvgIpc) is 2.33. The van der Waals surface area contributed by atoms with E-state index in [-0.39, 0.29) is 0 Å². The second kappa shape index (κ2) is 5.66. The molecule has 0 aliphatic heterocycles. The molecule has 0 fully saturated rings. The maximum atomic E-state index is 5.97. The Kier molecular flexibility index (Phi) is 4.15. The minimum atomic E-state index is 0.523. The Morgan fingerprint density at radius 1 is 1.05 bits per heavy atom. The van der Waals surface area contributed by atoms with Crippen LogP contribution in [0, 0.1) is 20.8 Å². The van der Waals surface area contributed by atoms with Gasteiger partial charge in [-0.3, -0.25) is 0 Å². The molecule has 2 rings (SSSR count). The summed E-state index contributed by atoms with van der Waals surface area (Å²) < 4.78 is 6.94. The van der Waals surface area contributed by atoms with Gasteiger partial charge in [0.2, 0.25) is 0 Å². The van der Waals surface area contributed by atoms with Gasteiger partial charge in [-0.1, -0.05) is 28.1 Å². The molecule has 100 valence electrons. The van der Waals surface area contributed by atoms with Crippen molar-refractivity contribution in [3.8, 4) is 5.75 Å². The predicted molar refractivity (Wildman–Crippen MR) is 83.5 cm³/mol. The Morgan fingerprint density at radius 3 is 2.42 bits per heavy atom. The zero-order valence-corrected chi connectivity index (χ0v) is 13.0. The molecule has 0 bridgehead atoms. The van der Waals surface area contributed by atoms with Gasteiger partial charge >= 0.3 is 0 Å². The van der Waals surface area contributed by atoms with Gasteiger partial charge < -0.3 is 10.5 Å². The molecule has 0 amide bonds. The molecule has 3 heteroatoms. The second-order valence-electron chi connectivity index (χ2n) is 4.83. The first kappa shape index (κ1) is 13.9. The van der Waals surface area contributed by atoms with Crippen molar-refractivity contribution < 1.29 is 4.74 Å². The minimum absolute atomic E-state index is 0.523. The van der Waals surface area contributed by atoms with Gasteiger partial charge in [0.25, 0.3) is 0 Å². The van der Waals surface area contributed by atoms with Gasteiger partial charge in [0.05, 0.1) is 0 Å². The molecule has 0 aromatic heterocycles. The molecule has 19 heavy (non-hydrogen) atoms. The van der Waals surface area contributed by atoms with Crippen molar-refractivity contribution in [1.82, 2.24) is 0 Å². The third-order valence-electron chi connectivity index (χ3n) is 3.24. The van der Waals surface area contributed by atoms with Crippen LogP contribution in [-0.2, 0) is 6.61 Å². The highest BCUT2D eigenvalue weighted by atomic mass is 79.9. The van der Waals surface area contributed by atoms with Crippen LogP contribution in [0.25, 0.3) is 0 Å². The average molecular weight is 320 g/mol. The highest BCUT2D eigenvalue weighted by Crippen LogP contribution is 2.27. The summed E-state index contributed by atoms with van der Waals surface area (Å²) in [6, 6.07) is 10.1. The fraction of sp³-hybridized carbons (Fsp3) is 0.250. The highest BCUT2D eigenvalue weighted by molar-refractivity contribution is 9.10. The zero-order valence-electron chi connectivity index (χ0n) is 11.5. The van der Waals surface area contributed by atoms with Crippen molar-refractivity contribution in [2.24, 2.45) is 0 Å². The summed E-state index contributed by atoms with van der Waals surface area (Å²) in [4.78, 5) is 0. The van der Waals surface area contributed by atoms with Crippen LogP contribution in [0.15, 0.2) is 34.8 Å². The van der Waals surface area contributed by atoms with Gasteiger partial charge in [-0.2, -0.15) is 0 Å². The lowest BCUT2D eigenvalue weighted by Gasteiger charge is -2.14. The Hall–Kier alpha value is -1.48. The topological polar surface area (TPSA) is 35.2 Å². The summed E-state index contributed by atoms with van der Waals surface area (Å²) in [6.07, 6.45) is 0. The van der Waals surface area contributed by atoms with Crippen LogP contribution >= 0.6 is 15.9 Å². The van der Waals surface area contributed by atoms with Crippen LogP contribution in [0.2, 0.25) is 0 Å². The first-order chi connectivity index (χ1) is 8.97. The van der Waals surface area contributed by atoms with E-state index in [0.717, 1.165) is 27.0 Å². The number of nitrogens with two attached hydrogens (primary N) is 1. The van der Waals surface area contributed by atoms with Gasteiger partial charge in [0, 0.05) is 10.2 Å². The maximum absolute atomic E-state index is 5.97. The fourth-order valence-corrected chi connectivity index (χ4v) is 2.62. The molecule has 2 aromatic rings. The van der Waals surface area contributed by atoms with Crippen LogP contribution in [0.3, 0.4) is 0 Å². The molecule has 0 heterocycles. The van der Waals surface area contributed by atoms with Gasteiger partial charge in [0.1, 0.15) is 12.4 Å². The van der Waals surface area contributed by atoms with E-state index in [9.17, 15) is 0 Å². The maximum Gasteiger partial charge on any atom is 0.125 e. The van der Waals surface area contributed by atoms with Crippen molar-refractivity contribution in [3.63, 3.8) is 0 Å². The number of hydrogen-bond acceptors (Lipinski definition) is 2. The van der Waals surface area contributed by atoms with Gasteiger partial charge in [0.15, 0.2) is 0 Å². The van der Waals surface area contributed by atoms with Crippen LogP contribution in [-0.4, -0.2) is 0 Å². The molecular formula is C16H18BrNO. The summed E-state index contributed by atoms with van der Waals surface area (Å²) >= 11 is 3.44. The largest absolute Gasteiger partial charge is 0.488 e. The molecule has 2 nitrogen and oxygen atoms in total. The summed E-state index contributed by atoms with van der Waals surface area (Å²) in [5, 5.41) is 0. The number of benzene rings is 2. The highest BCUT2D eigenvalue weighted by Gasteiger charge is 2.07. The number of nitrogen functional groups attached to an aromatic ring is 1. The smallest absolute Gasteiger partial charge is 0.125 e. The van der Waals surface area contributed by atoms with Crippen LogP contribution in [0.5, 0.6) is 5.75 Å². The number of halogens is 1. The number of hydrogen-bond donors (Lipinski definition) is 1. The fourth-order valence-electron chi connectivity index (χ4n) is 2.06. The second-order valence-corrected chi connectivity index (χ2v) is 5.75. The van der Waals surface area contributed by atoms with Gasteiger partial charge in [-0.15, -0.1) is 0 Å². The van der Waals surface area contributed by atoms with Crippen molar-refractivity contribution in [2.75, 3.05) is 5.73 Å². The van der Waals surface area contributed by atoms with E-state index < -0.39 is 0 Å². The first-order valence-corrected chi connectivity index (χ1v) is 7.01. The van der Waals surface area contributed by atoms with Crippen LogP contribution < -0.4 is 10.5 Å². The first-order valence-electron chi connectivity index (χ1n) is 6.22. The van der Waals surface area contributed by atoms with E-state index in [2.05, 4.69) is 48.8 Å². The monoisotopic (exact) mass is 319 g/mol. The molecule has 0 aliphatic rings. The molecule has 2 aromatic carbocycles. The van der Waals surface area contributed by atoms with E-state index in [4.69, 9.17) is 10.5 Å². The van der Waals surface area contributed by atoms with E-state index in [1.54, 1.807) is 0 Å². The number of ether oxygens (including phenoxy) is 1. The molecule has 0 saturated heterocycles. The van der Waals surface area contributed by atoms with E-state index in [0.29, 0.717) is 6.61 Å². The Morgan fingerprint density at radius 2 is 1.74 bits per heavy atom. The summed E-state index contributed by atoms with van der Waals surface area (Å²) in [7, 11) is 0. The minimum Gasteiger partial charge on any atom is -0.488 e. The van der Waals surface area contributed by atoms with E-state index in [1.165, 1.54) is 11.1 Å². The van der Waals surface area contributed by atoms with Crippen LogP contribution in [0.4, 0.5) is 5.69 Å². The van der Waals surface area contributed by atoms with Crippen molar-refractivity contribution in [1.29, 1.82) is 0 Å². The van der Waals surface area contributed by atoms with Crippen molar-refractivity contribution in [2.45, 2.75) is 27.4 Å². The molecule has 0 radical (unpaired) electrons. The Balaban J connectivity index is 2.21. The molecule has 0 aliphatic carbocycles. The SMILES string of the molecule is Cc1ccc(C)c(OCc2cc(N)cc(Br)c2)c1C. The summed E-state index contributed by atoms with van der Waals surface area (Å²) in [6.45, 7) is 6.78. The number of anilines is 1. The van der Waals surface area contributed by atoms with Crippen LogP contribution in [0.1, 0.15) is 22.3 Å². The van der Waals surface area contributed by atoms with Gasteiger partial charge in [-0.05, 0) is 61.2 Å². The zero-order chi connectivity index (χ0) is 14.0. The van der Waals surface area contributed by atoms with E-state index in [1.807, 2.05) is 18.2 Å². The molecule has 0 saturated carbocycles. The molecule has 0 spiro atoms. The summed E-state index contributed by atoms with van der Waals surface area (Å²) in [5.41, 5.74) is 11.2. The quantitative estimate of drug-likeness (QED) is 0.843. The molecule has 0 unspecified atom stereocenters. The van der Waals surface area contributed by atoms with Crippen molar-refractivity contribution >= 4 is 21.6 Å². The molecular weight excluding hydrogens is 302 g/mol. The van der Waals surface area contributed by atoms with Gasteiger partial charge in [-0.25, -0.2) is 0 Å². The standard InChI is InChI=1S/C16H18BrNO/c1-10-4-5-11(2)16(12(10)3)19-9-13-6-14(17)8-15(18)7-13/h4-8H,9,18H2,1-3H3. The lowest BCUT2D eigenvalue weighted by molar-refractivity contribution is 0.301. The normalized spacial score (nSPS) is 10.5. The third-order valence-corrected chi connectivity index (χ3v) is 3.69. The molecule has 2 N–H and O–H groups in total.